The fourth-order valence-corrected chi connectivity index (χ4v) is 1.91. The highest BCUT2D eigenvalue weighted by atomic mass is 19.4. The number of aryl methyl sites for hydroxylation is 1. The standard InChI is InChI=1S/C16H20F3NO2/c1-10(2)12(4)20(9-16(17,18)19)15(22)14(21)13-7-5-11(3)6-8-13/h5-8,10,12H,9H2,1-4H3/t12-/m1/s1. The van der Waals surface area contributed by atoms with Gasteiger partial charge in [0.2, 0.25) is 5.78 Å². The van der Waals surface area contributed by atoms with Crippen molar-refractivity contribution in [3.63, 3.8) is 0 Å². The lowest BCUT2D eigenvalue weighted by atomic mass is 10.0. The molecule has 0 radical (unpaired) electrons. The number of hydrogen-bond donors (Lipinski definition) is 0. The van der Waals surface area contributed by atoms with E-state index in [4.69, 9.17) is 0 Å². The minimum absolute atomic E-state index is 0.0960. The molecule has 1 aromatic carbocycles. The zero-order valence-electron chi connectivity index (χ0n) is 13.1. The molecule has 0 spiro atoms. The van der Waals surface area contributed by atoms with Gasteiger partial charge in [-0.15, -0.1) is 0 Å². The largest absolute Gasteiger partial charge is 0.406 e. The summed E-state index contributed by atoms with van der Waals surface area (Å²) in [6.07, 6.45) is -4.55. The van der Waals surface area contributed by atoms with Crippen LogP contribution in [-0.4, -0.2) is 35.4 Å². The van der Waals surface area contributed by atoms with Crippen molar-refractivity contribution < 1.29 is 22.8 Å². The maximum Gasteiger partial charge on any atom is 0.406 e. The molecule has 0 N–H and O–H groups in total. The zero-order valence-corrected chi connectivity index (χ0v) is 13.1. The lowest BCUT2D eigenvalue weighted by molar-refractivity contribution is -0.163. The molecule has 0 fully saturated rings. The minimum Gasteiger partial charge on any atom is -0.324 e. The number of benzene rings is 1. The van der Waals surface area contributed by atoms with Crippen LogP contribution in [0.25, 0.3) is 0 Å². The van der Waals surface area contributed by atoms with E-state index in [1.807, 2.05) is 6.92 Å². The lowest BCUT2D eigenvalue weighted by Crippen LogP contribution is -2.49. The summed E-state index contributed by atoms with van der Waals surface area (Å²) in [6.45, 7) is 5.31. The van der Waals surface area contributed by atoms with Crippen molar-refractivity contribution in [3.8, 4) is 0 Å². The van der Waals surface area contributed by atoms with Gasteiger partial charge >= 0.3 is 6.18 Å². The van der Waals surface area contributed by atoms with Crippen molar-refractivity contribution >= 4 is 11.7 Å². The number of nitrogens with zero attached hydrogens (tertiary/aromatic N) is 1. The van der Waals surface area contributed by atoms with Gasteiger partial charge in [-0.1, -0.05) is 43.7 Å². The van der Waals surface area contributed by atoms with E-state index < -0.39 is 30.5 Å². The molecule has 0 heterocycles. The van der Waals surface area contributed by atoms with Crippen LogP contribution in [0.2, 0.25) is 0 Å². The molecule has 122 valence electrons. The second-order valence-corrected chi connectivity index (χ2v) is 5.73. The number of carbonyl (C=O) groups excluding carboxylic acids is 2. The Bertz CT molecular complexity index is 535. The number of amides is 1. The molecule has 22 heavy (non-hydrogen) atoms. The van der Waals surface area contributed by atoms with Crippen LogP contribution >= 0.6 is 0 Å². The third-order valence-electron chi connectivity index (χ3n) is 3.57. The summed E-state index contributed by atoms with van der Waals surface area (Å²) in [5, 5.41) is 0. The number of rotatable bonds is 5. The molecular weight excluding hydrogens is 295 g/mol. The lowest BCUT2D eigenvalue weighted by Gasteiger charge is -2.32. The van der Waals surface area contributed by atoms with E-state index in [1.165, 1.54) is 19.1 Å². The van der Waals surface area contributed by atoms with E-state index in [1.54, 1.807) is 26.0 Å². The molecule has 3 nitrogen and oxygen atoms in total. The summed E-state index contributed by atoms with van der Waals surface area (Å²) in [6, 6.07) is 5.48. The molecule has 0 bridgehead atoms. The van der Waals surface area contributed by atoms with Crippen LogP contribution in [0.4, 0.5) is 13.2 Å². The van der Waals surface area contributed by atoms with Gasteiger partial charge in [0.15, 0.2) is 0 Å². The fraction of sp³-hybridized carbons (Fsp3) is 0.500. The Morgan fingerprint density at radius 2 is 1.59 bits per heavy atom. The Labute approximate surface area is 128 Å². The van der Waals surface area contributed by atoms with E-state index >= 15 is 0 Å². The summed E-state index contributed by atoms with van der Waals surface area (Å²) in [7, 11) is 0. The van der Waals surface area contributed by atoms with Gasteiger partial charge in [0, 0.05) is 11.6 Å². The van der Waals surface area contributed by atoms with E-state index in [0.717, 1.165) is 5.56 Å². The second kappa shape index (κ2) is 6.94. The second-order valence-electron chi connectivity index (χ2n) is 5.73. The number of ketones is 1. The molecule has 0 aliphatic heterocycles. The first-order valence-corrected chi connectivity index (χ1v) is 7.01. The average Bonchev–Trinajstić information content (AvgIpc) is 2.42. The first-order chi connectivity index (χ1) is 10.0. The monoisotopic (exact) mass is 315 g/mol. The quantitative estimate of drug-likeness (QED) is 0.615. The molecule has 6 heteroatoms. The molecule has 0 aliphatic rings. The van der Waals surface area contributed by atoms with Gasteiger partial charge in [0.05, 0.1) is 0 Å². The molecule has 0 saturated heterocycles. The van der Waals surface area contributed by atoms with Crippen molar-refractivity contribution in [2.24, 2.45) is 5.92 Å². The van der Waals surface area contributed by atoms with E-state index in [9.17, 15) is 22.8 Å². The topological polar surface area (TPSA) is 37.4 Å². The van der Waals surface area contributed by atoms with Gasteiger partial charge in [-0.05, 0) is 19.8 Å². The molecule has 1 aromatic rings. The molecule has 1 amide bonds. The molecule has 0 aliphatic carbocycles. The van der Waals surface area contributed by atoms with Gasteiger partial charge in [-0.3, -0.25) is 9.59 Å². The molecule has 0 saturated carbocycles. The van der Waals surface area contributed by atoms with Gasteiger partial charge in [-0.2, -0.15) is 13.2 Å². The van der Waals surface area contributed by atoms with Gasteiger partial charge in [0.1, 0.15) is 6.54 Å². The van der Waals surface area contributed by atoms with Crippen LogP contribution in [0.5, 0.6) is 0 Å². The van der Waals surface area contributed by atoms with Gasteiger partial charge in [-0.25, -0.2) is 0 Å². The number of halogens is 3. The Hall–Kier alpha value is -1.85. The summed E-state index contributed by atoms with van der Waals surface area (Å²) in [5.74, 6) is -2.24. The van der Waals surface area contributed by atoms with Crippen LogP contribution in [0.15, 0.2) is 24.3 Å². The van der Waals surface area contributed by atoms with E-state index in [2.05, 4.69) is 0 Å². The summed E-state index contributed by atoms with van der Waals surface area (Å²) >= 11 is 0. The van der Waals surface area contributed by atoms with Crippen molar-refractivity contribution in [1.29, 1.82) is 0 Å². The van der Waals surface area contributed by atoms with Crippen molar-refractivity contribution in [2.75, 3.05) is 6.54 Å². The minimum atomic E-state index is -4.55. The van der Waals surface area contributed by atoms with E-state index in [-0.39, 0.29) is 11.5 Å². The van der Waals surface area contributed by atoms with Crippen LogP contribution < -0.4 is 0 Å². The highest BCUT2D eigenvalue weighted by molar-refractivity contribution is 6.42. The predicted octanol–water partition coefficient (Wildman–Crippen LogP) is 3.61. The first kappa shape index (κ1) is 18.2. The van der Waals surface area contributed by atoms with Crippen molar-refractivity contribution in [1.82, 2.24) is 4.90 Å². The van der Waals surface area contributed by atoms with Crippen LogP contribution in [0.1, 0.15) is 36.7 Å². The smallest absolute Gasteiger partial charge is 0.324 e. The van der Waals surface area contributed by atoms with Crippen molar-refractivity contribution in [2.45, 2.75) is 39.9 Å². The van der Waals surface area contributed by atoms with Crippen LogP contribution in [-0.2, 0) is 4.79 Å². The first-order valence-electron chi connectivity index (χ1n) is 7.01. The number of alkyl halides is 3. The maximum absolute atomic E-state index is 12.7. The maximum atomic E-state index is 12.7. The molecule has 1 atom stereocenters. The number of carbonyl (C=O) groups is 2. The molecule has 1 rings (SSSR count). The van der Waals surface area contributed by atoms with Gasteiger partial charge in [0.25, 0.3) is 5.91 Å². The molecular formula is C16H20F3NO2. The van der Waals surface area contributed by atoms with Crippen LogP contribution in [0.3, 0.4) is 0 Å². The summed E-state index contributed by atoms with van der Waals surface area (Å²) in [5.41, 5.74) is 0.991. The van der Waals surface area contributed by atoms with E-state index in [0.29, 0.717) is 4.90 Å². The molecule has 0 unspecified atom stereocenters. The summed E-state index contributed by atoms with van der Waals surface area (Å²) < 4.78 is 38.1. The Balaban J connectivity index is 3.05. The molecule has 0 aromatic heterocycles. The number of hydrogen-bond acceptors (Lipinski definition) is 2. The highest BCUT2D eigenvalue weighted by Crippen LogP contribution is 2.21. The van der Waals surface area contributed by atoms with Crippen LogP contribution in [0, 0.1) is 12.8 Å². The predicted molar refractivity (Wildman–Crippen MR) is 77.6 cm³/mol. The normalized spacial score (nSPS) is 13.1. The Kier molecular flexibility index (Phi) is 5.74. The third-order valence-corrected chi connectivity index (χ3v) is 3.57. The highest BCUT2D eigenvalue weighted by Gasteiger charge is 2.38. The average molecular weight is 315 g/mol. The number of Topliss-reactive ketones (excluding diaryl/α,β-unsaturated/α-hetero) is 1. The van der Waals surface area contributed by atoms with Gasteiger partial charge < -0.3 is 4.90 Å². The summed E-state index contributed by atoms with van der Waals surface area (Å²) in [4.78, 5) is 25.0. The fourth-order valence-electron chi connectivity index (χ4n) is 1.91. The third kappa shape index (κ3) is 4.86. The Morgan fingerprint density at radius 3 is 2.00 bits per heavy atom. The zero-order chi connectivity index (χ0) is 17.1. The SMILES string of the molecule is Cc1ccc(C(=O)C(=O)N(CC(F)(F)F)[C@H](C)C(C)C)cc1. The van der Waals surface area contributed by atoms with Crippen molar-refractivity contribution in [3.05, 3.63) is 35.4 Å². The Morgan fingerprint density at radius 1 is 1.09 bits per heavy atom.